The minimum absolute atomic E-state index is 0.606. The summed E-state index contributed by atoms with van der Waals surface area (Å²) in [6, 6.07) is 32.5. The first-order valence-electron chi connectivity index (χ1n) is 12.1. The largest absolute Gasteiger partial charge is 0.494 e. The monoisotopic (exact) mass is 466 g/mol. The highest BCUT2D eigenvalue weighted by molar-refractivity contribution is 7.22. The van der Waals surface area contributed by atoms with Gasteiger partial charge in [0.05, 0.1) is 19.8 Å². The third-order valence-electron chi connectivity index (χ3n) is 6.49. The van der Waals surface area contributed by atoms with Crippen molar-refractivity contribution in [3.8, 4) is 28.4 Å². The Bertz CT molecular complexity index is 1250. The van der Waals surface area contributed by atoms with Crippen LogP contribution in [0, 0.1) is 0 Å². The first kappa shape index (κ1) is 22.3. The van der Waals surface area contributed by atoms with Crippen molar-refractivity contribution in [1.82, 2.24) is 0 Å². The van der Waals surface area contributed by atoms with E-state index in [0.717, 1.165) is 22.8 Å². The molecule has 0 aliphatic carbocycles. The summed E-state index contributed by atoms with van der Waals surface area (Å²) in [5.74, 6) is 2.75. The molecule has 0 bridgehead atoms. The molecule has 0 radical (unpaired) electrons. The van der Waals surface area contributed by atoms with Crippen LogP contribution in [0.4, 0.5) is 0 Å². The van der Waals surface area contributed by atoms with Crippen molar-refractivity contribution < 1.29 is 14.2 Å². The first-order chi connectivity index (χ1) is 16.7. The van der Waals surface area contributed by atoms with Crippen LogP contribution in [0.25, 0.3) is 11.1 Å². The normalized spacial score (nSPS) is 13.1. The zero-order valence-corrected chi connectivity index (χ0v) is 21.0. The molecule has 0 saturated carbocycles. The first-order valence-corrected chi connectivity index (χ1v) is 14.1. The van der Waals surface area contributed by atoms with Gasteiger partial charge in [-0.15, -0.1) is 0 Å². The van der Waals surface area contributed by atoms with Gasteiger partial charge in [0.1, 0.15) is 17.2 Å². The van der Waals surface area contributed by atoms with E-state index >= 15 is 0 Å². The fourth-order valence-electron chi connectivity index (χ4n) is 5.34. The highest BCUT2D eigenvalue weighted by Gasteiger charge is 2.52. The minimum Gasteiger partial charge on any atom is -0.494 e. The maximum absolute atomic E-state index is 6.34. The highest BCUT2D eigenvalue weighted by atomic mass is 28.3. The zero-order valence-electron chi connectivity index (χ0n) is 20.0. The van der Waals surface area contributed by atoms with Gasteiger partial charge in [0.15, 0.2) is 8.07 Å². The van der Waals surface area contributed by atoms with E-state index in [0.29, 0.717) is 19.8 Å². The van der Waals surface area contributed by atoms with Crippen LogP contribution in [0.3, 0.4) is 0 Å². The molecule has 0 amide bonds. The van der Waals surface area contributed by atoms with Crippen LogP contribution < -0.4 is 35.0 Å². The second kappa shape index (κ2) is 9.39. The fourth-order valence-corrected chi connectivity index (χ4v) is 10.7. The van der Waals surface area contributed by atoms with E-state index in [1.807, 2.05) is 20.8 Å². The van der Waals surface area contributed by atoms with Gasteiger partial charge in [0, 0.05) is 10.8 Å². The van der Waals surface area contributed by atoms with E-state index in [-0.39, 0.29) is 0 Å². The molecule has 3 nitrogen and oxygen atoms in total. The van der Waals surface area contributed by atoms with Gasteiger partial charge in [-0.2, -0.15) is 0 Å². The number of hydrogen-bond acceptors (Lipinski definition) is 3. The van der Waals surface area contributed by atoms with Crippen molar-refractivity contribution in [2.45, 2.75) is 20.8 Å². The van der Waals surface area contributed by atoms with Crippen molar-refractivity contribution in [1.29, 1.82) is 0 Å². The summed E-state index contributed by atoms with van der Waals surface area (Å²) in [7, 11) is -2.71. The molecule has 172 valence electrons. The summed E-state index contributed by atoms with van der Waals surface area (Å²) < 4.78 is 18.6. The van der Waals surface area contributed by atoms with Gasteiger partial charge in [-0.3, -0.25) is 0 Å². The molecule has 1 aliphatic heterocycles. The average Bonchev–Trinajstić information content (AvgIpc) is 3.19. The van der Waals surface area contributed by atoms with Gasteiger partial charge >= 0.3 is 0 Å². The molecule has 0 fully saturated rings. The standard InChI is InChI=1S/C30H30O3Si/c1-4-31-22-17-18-25-28(21-22)34(23-13-9-7-10-14-23,24-15-11-8-12-16-24)30-27(33-6-3)20-19-26(29(25)30)32-5-2/h7-21H,4-6H2,1-3H3. The van der Waals surface area contributed by atoms with Gasteiger partial charge in [-0.1, -0.05) is 66.7 Å². The summed E-state index contributed by atoms with van der Waals surface area (Å²) in [6.45, 7) is 7.96. The van der Waals surface area contributed by atoms with Gasteiger partial charge in [0.2, 0.25) is 0 Å². The second-order valence-electron chi connectivity index (χ2n) is 8.30. The molecule has 0 spiro atoms. The van der Waals surface area contributed by atoms with Crippen molar-refractivity contribution in [3.63, 3.8) is 0 Å². The van der Waals surface area contributed by atoms with Gasteiger partial charge in [-0.05, 0) is 66.2 Å². The Kier molecular flexibility index (Phi) is 6.16. The molecular weight excluding hydrogens is 436 g/mol. The Labute approximate surface area is 203 Å². The SMILES string of the molecule is CCOc1ccc2c(c1)[Si](c1ccccc1)(c1ccccc1)c1c(OCC)ccc(OCC)c1-2. The van der Waals surface area contributed by atoms with Crippen LogP contribution in [-0.4, -0.2) is 27.9 Å². The summed E-state index contributed by atoms with van der Waals surface area (Å²) in [4.78, 5) is 0. The quantitative estimate of drug-likeness (QED) is 0.320. The van der Waals surface area contributed by atoms with E-state index in [1.165, 1.54) is 26.3 Å². The Hall–Kier alpha value is -3.50. The van der Waals surface area contributed by atoms with E-state index < -0.39 is 8.07 Å². The van der Waals surface area contributed by atoms with Crippen molar-refractivity contribution >= 4 is 28.8 Å². The summed E-state index contributed by atoms with van der Waals surface area (Å²) in [6.07, 6.45) is 0. The molecule has 0 unspecified atom stereocenters. The predicted octanol–water partition coefficient (Wildman–Crippen LogP) is 4.24. The zero-order chi connectivity index (χ0) is 23.5. The lowest BCUT2D eigenvalue weighted by Crippen LogP contribution is -2.73. The molecular formula is C30H30O3Si. The molecule has 0 atom stereocenters. The Balaban J connectivity index is 1.98. The average molecular weight is 467 g/mol. The third kappa shape index (κ3) is 3.41. The van der Waals surface area contributed by atoms with Crippen LogP contribution in [0.2, 0.25) is 0 Å². The van der Waals surface area contributed by atoms with Crippen molar-refractivity contribution in [3.05, 3.63) is 91.0 Å². The molecule has 34 heavy (non-hydrogen) atoms. The van der Waals surface area contributed by atoms with Gasteiger partial charge in [-0.25, -0.2) is 0 Å². The van der Waals surface area contributed by atoms with E-state index in [2.05, 4.69) is 91.0 Å². The van der Waals surface area contributed by atoms with E-state index in [9.17, 15) is 0 Å². The molecule has 0 aromatic heterocycles. The Morgan fingerprint density at radius 2 is 1.15 bits per heavy atom. The summed E-state index contributed by atoms with van der Waals surface area (Å²) in [5, 5.41) is 5.23. The summed E-state index contributed by atoms with van der Waals surface area (Å²) in [5.41, 5.74) is 2.37. The Morgan fingerprint density at radius 3 is 1.74 bits per heavy atom. The topological polar surface area (TPSA) is 27.7 Å². The van der Waals surface area contributed by atoms with E-state index in [4.69, 9.17) is 14.2 Å². The number of hydrogen-bond donors (Lipinski definition) is 0. The molecule has 4 aromatic carbocycles. The third-order valence-corrected chi connectivity index (χ3v) is 11.4. The smallest absolute Gasteiger partial charge is 0.185 e. The molecule has 5 rings (SSSR count). The number of rotatable bonds is 8. The number of ether oxygens (including phenoxy) is 3. The maximum atomic E-state index is 6.34. The highest BCUT2D eigenvalue weighted by Crippen LogP contribution is 2.40. The van der Waals surface area contributed by atoms with Crippen molar-refractivity contribution in [2.75, 3.05) is 19.8 Å². The molecule has 1 aliphatic rings. The fraction of sp³-hybridized carbons (Fsp3) is 0.200. The molecule has 0 N–H and O–H groups in total. The van der Waals surface area contributed by atoms with Crippen LogP contribution in [0.1, 0.15) is 20.8 Å². The predicted molar refractivity (Wildman–Crippen MR) is 143 cm³/mol. The molecule has 1 heterocycles. The lowest BCUT2D eigenvalue weighted by Gasteiger charge is -2.32. The van der Waals surface area contributed by atoms with Crippen LogP contribution in [-0.2, 0) is 0 Å². The Morgan fingerprint density at radius 1 is 0.588 bits per heavy atom. The second-order valence-corrected chi connectivity index (χ2v) is 12.0. The van der Waals surface area contributed by atoms with Gasteiger partial charge < -0.3 is 14.2 Å². The lowest BCUT2D eigenvalue weighted by molar-refractivity contribution is 0.334. The van der Waals surface area contributed by atoms with Crippen LogP contribution in [0.5, 0.6) is 17.2 Å². The molecule has 4 heteroatoms. The number of benzene rings is 4. The molecule has 4 aromatic rings. The summed E-state index contributed by atoms with van der Waals surface area (Å²) >= 11 is 0. The maximum Gasteiger partial charge on any atom is 0.185 e. The minimum atomic E-state index is -2.71. The molecule has 0 saturated heterocycles. The van der Waals surface area contributed by atoms with Crippen molar-refractivity contribution in [2.24, 2.45) is 0 Å². The van der Waals surface area contributed by atoms with Gasteiger partial charge in [0.25, 0.3) is 0 Å². The van der Waals surface area contributed by atoms with Crippen LogP contribution >= 0.6 is 0 Å². The van der Waals surface area contributed by atoms with E-state index in [1.54, 1.807) is 0 Å². The lowest BCUT2D eigenvalue weighted by atomic mass is 10.0. The van der Waals surface area contributed by atoms with Crippen LogP contribution in [0.15, 0.2) is 91.0 Å². The number of fused-ring (bicyclic) bond motifs is 3.